The minimum atomic E-state index is -0.112. The first-order valence-electron chi connectivity index (χ1n) is 8.81. The topological polar surface area (TPSA) is 54.5 Å². The molecule has 140 valence electrons. The Morgan fingerprint density at radius 2 is 1.96 bits per heavy atom. The number of carbonyl (C=O) groups excluding carboxylic acids is 1. The molecular formula is C20H27N3O2S. The number of thiazole rings is 1. The van der Waals surface area contributed by atoms with Crippen molar-refractivity contribution >= 4 is 22.8 Å². The van der Waals surface area contributed by atoms with Crippen LogP contribution in [-0.4, -0.2) is 36.0 Å². The lowest BCUT2D eigenvalue weighted by Gasteiger charge is -2.15. The minimum Gasteiger partial charge on any atom is -0.497 e. The van der Waals surface area contributed by atoms with Crippen LogP contribution in [0.3, 0.4) is 0 Å². The Balaban J connectivity index is 1.88. The maximum absolute atomic E-state index is 12.2. The fourth-order valence-corrected chi connectivity index (χ4v) is 3.25. The fraction of sp³-hybridized carbons (Fsp3) is 0.400. The van der Waals surface area contributed by atoms with Crippen molar-refractivity contribution in [3.05, 3.63) is 52.0 Å². The van der Waals surface area contributed by atoms with Crippen LogP contribution in [0.1, 0.15) is 37.0 Å². The number of ether oxygens (including phenoxy) is 1. The van der Waals surface area contributed by atoms with E-state index in [9.17, 15) is 4.79 Å². The fourth-order valence-electron chi connectivity index (χ4n) is 2.53. The van der Waals surface area contributed by atoms with E-state index < -0.39 is 0 Å². The number of nitrogens with zero attached hydrogens (tertiary/aromatic N) is 2. The lowest BCUT2D eigenvalue weighted by atomic mass is 10.1. The molecule has 0 atom stereocenters. The molecule has 0 aliphatic carbocycles. The molecule has 5 nitrogen and oxygen atoms in total. The molecule has 0 aliphatic rings. The van der Waals surface area contributed by atoms with E-state index in [0.29, 0.717) is 6.54 Å². The molecule has 0 radical (unpaired) electrons. The molecule has 0 spiro atoms. The predicted octanol–water partition coefficient (Wildman–Crippen LogP) is 3.71. The third-order valence-corrected chi connectivity index (χ3v) is 5.08. The Hall–Kier alpha value is -2.18. The van der Waals surface area contributed by atoms with Gasteiger partial charge < -0.3 is 10.1 Å². The van der Waals surface area contributed by atoms with Crippen molar-refractivity contribution in [3.63, 3.8) is 0 Å². The van der Waals surface area contributed by atoms with E-state index in [2.05, 4.69) is 34.4 Å². The summed E-state index contributed by atoms with van der Waals surface area (Å²) in [5.41, 5.74) is 2.97. The molecule has 1 aromatic heterocycles. The number of carbonyl (C=O) groups is 1. The summed E-state index contributed by atoms with van der Waals surface area (Å²) in [5, 5.41) is 5.91. The number of methoxy groups -OCH3 is 1. The van der Waals surface area contributed by atoms with Crippen molar-refractivity contribution < 1.29 is 9.53 Å². The predicted molar refractivity (Wildman–Crippen MR) is 107 cm³/mol. The summed E-state index contributed by atoms with van der Waals surface area (Å²) >= 11 is 1.59. The van der Waals surface area contributed by atoms with Gasteiger partial charge in [0.2, 0.25) is 5.91 Å². The second kappa shape index (κ2) is 10.1. The third kappa shape index (κ3) is 5.97. The highest BCUT2D eigenvalue weighted by Crippen LogP contribution is 2.18. The smallest absolute Gasteiger partial charge is 0.244 e. The normalized spacial score (nSPS) is 11.7. The maximum atomic E-state index is 12.2. The van der Waals surface area contributed by atoms with Crippen molar-refractivity contribution in [2.75, 3.05) is 20.2 Å². The van der Waals surface area contributed by atoms with Gasteiger partial charge in [-0.25, -0.2) is 4.98 Å². The number of allylic oxidation sites excluding steroid dienone is 1. The van der Waals surface area contributed by atoms with E-state index in [-0.39, 0.29) is 5.91 Å². The van der Waals surface area contributed by atoms with Crippen molar-refractivity contribution in [1.29, 1.82) is 0 Å². The molecule has 1 heterocycles. The van der Waals surface area contributed by atoms with Crippen LogP contribution >= 0.6 is 11.3 Å². The van der Waals surface area contributed by atoms with Gasteiger partial charge in [0.25, 0.3) is 0 Å². The number of hydrogen-bond donors (Lipinski definition) is 1. The molecule has 1 amide bonds. The summed E-state index contributed by atoms with van der Waals surface area (Å²) < 4.78 is 5.15. The van der Waals surface area contributed by atoms with Crippen LogP contribution in [0.4, 0.5) is 0 Å². The molecule has 0 unspecified atom stereocenters. The number of aromatic nitrogens is 1. The number of hydrogen-bond acceptors (Lipinski definition) is 5. The average Bonchev–Trinajstić information content (AvgIpc) is 3.12. The highest BCUT2D eigenvalue weighted by molar-refractivity contribution is 7.09. The Bertz CT molecular complexity index is 734. The molecule has 0 fully saturated rings. The molecule has 1 N–H and O–H groups in total. The highest BCUT2D eigenvalue weighted by atomic mass is 32.1. The zero-order valence-electron chi connectivity index (χ0n) is 15.9. The second-order valence-electron chi connectivity index (χ2n) is 5.97. The molecule has 0 bridgehead atoms. The van der Waals surface area contributed by atoms with Crippen molar-refractivity contribution in [2.45, 2.75) is 33.9 Å². The van der Waals surface area contributed by atoms with Crippen LogP contribution in [0, 0.1) is 0 Å². The number of rotatable bonds is 9. The molecule has 26 heavy (non-hydrogen) atoms. The van der Waals surface area contributed by atoms with Gasteiger partial charge in [0.15, 0.2) is 0 Å². The van der Waals surface area contributed by atoms with Crippen LogP contribution in [0.2, 0.25) is 0 Å². The van der Waals surface area contributed by atoms with E-state index in [4.69, 9.17) is 4.74 Å². The summed E-state index contributed by atoms with van der Waals surface area (Å²) in [6.45, 7) is 9.54. The Labute approximate surface area is 159 Å². The quantitative estimate of drug-likeness (QED) is 0.681. The Kier molecular flexibility index (Phi) is 7.81. The standard InChI is InChI=1S/C20H27N3O2S/c1-5-23(6-2)13-17-14-26-20(22-17)12-21-19(24)11-15(3)16-7-9-18(25-4)10-8-16/h7-11,14H,5-6,12-13H2,1-4H3,(H,21,24)/b15-11+. The van der Waals surface area contributed by atoms with Crippen LogP contribution < -0.4 is 10.1 Å². The summed E-state index contributed by atoms with van der Waals surface area (Å²) in [4.78, 5) is 19.1. The monoisotopic (exact) mass is 373 g/mol. The molecule has 0 saturated heterocycles. The molecule has 2 aromatic rings. The van der Waals surface area contributed by atoms with Crippen LogP contribution in [0.15, 0.2) is 35.7 Å². The molecule has 1 aromatic carbocycles. The Morgan fingerprint density at radius 3 is 2.58 bits per heavy atom. The zero-order valence-corrected chi connectivity index (χ0v) is 16.7. The number of amides is 1. The van der Waals surface area contributed by atoms with Gasteiger partial charge in [0, 0.05) is 18.0 Å². The lowest BCUT2D eigenvalue weighted by molar-refractivity contribution is -0.116. The van der Waals surface area contributed by atoms with Gasteiger partial charge in [-0.15, -0.1) is 11.3 Å². The van der Waals surface area contributed by atoms with Crippen molar-refractivity contribution in [2.24, 2.45) is 0 Å². The first-order valence-corrected chi connectivity index (χ1v) is 9.69. The molecule has 6 heteroatoms. The van der Waals surface area contributed by atoms with E-state index in [0.717, 1.165) is 47.2 Å². The number of benzene rings is 1. The third-order valence-electron chi connectivity index (χ3n) is 4.19. The van der Waals surface area contributed by atoms with E-state index >= 15 is 0 Å². The summed E-state index contributed by atoms with van der Waals surface area (Å²) in [6.07, 6.45) is 1.62. The maximum Gasteiger partial charge on any atom is 0.244 e. The molecular weight excluding hydrogens is 346 g/mol. The van der Waals surface area contributed by atoms with Crippen LogP contribution in [-0.2, 0) is 17.9 Å². The van der Waals surface area contributed by atoms with Crippen LogP contribution in [0.25, 0.3) is 5.57 Å². The van der Waals surface area contributed by atoms with Crippen molar-refractivity contribution in [1.82, 2.24) is 15.2 Å². The van der Waals surface area contributed by atoms with Gasteiger partial charge in [-0.1, -0.05) is 26.0 Å². The summed E-state index contributed by atoms with van der Waals surface area (Å²) in [6, 6.07) is 7.66. The molecule has 0 saturated carbocycles. The highest BCUT2D eigenvalue weighted by Gasteiger charge is 2.07. The first-order chi connectivity index (χ1) is 12.5. The number of nitrogens with one attached hydrogen (secondary N) is 1. The van der Waals surface area contributed by atoms with Gasteiger partial charge >= 0.3 is 0 Å². The van der Waals surface area contributed by atoms with Gasteiger partial charge in [-0.3, -0.25) is 9.69 Å². The SMILES string of the molecule is CCN(CC)Cc1csc(CNC(=O)/C=C(\C)c2ccc(OC)cc2)n1. The minimum absolute atomic E-state index is 0.112. The van der Waals surface area contributed by atoms with Gasteiger partial charge in [0.05, 0.1) is 19.3 Å². The molecule has 2 rings (SSSR count). The zero-order chi connectivity index (χ0) is 18.9. The van der Waals surface area contributed by atoms with Crippen LogP contribution in [0.5, 0.6) is 5.75 Å². The van der Waals surface area contributed by atoms with E-state index in [1.807, 2.05) is 31.2 Å². The van der Waals surface area contributed by atoms with Gasteiger partial charge in [0.1, 0.15) is 10.8 Å². The largest absolute Gasteiger partial charge is 0.497 e. The average molecular weight is 374 g/mol. The molecule has 0 aliphatic heterocycles. The van der Waals surface area contributed by atoms with E-state index in [1.54, 1.807) is 24.5 Å². The Morgan fingerprint density at radius 1 is 1.27 bits per heavy atom. The van der Waals surface area contributed by atoms with E-state index in [1.165, 1.54) is 0 Å². The summed E-state index contributed by atoms with van der Waals surface area (Å²) in [7, 11) is 1.64. The lowest BCUT2D eigenvalue weighted by Crippen LogP contribution is -2.23. The summed E-state index contributed by atoms with van der Waals surface area (Å²) in [5.74, 6) is 0.689. The second-order valence-corrected chi connectivity index (χ2v) is 6.91. The van der Waals surface area contributed by atoms with Gasteiger partial charge in [-0.2, -0.15) is 0 Å². The van der Waals surface area contributed by atoms with Gasteiger partial charge in [-0.05, 0) is 43.3 Å². The van der Waals surface area contributed by atoms with Crippen molar-refractivity contribution in [3.8, 4) is 5.75 Å². The first kappa shape index (κ1) is 20.1.